The van der Waals surface area contributed by atoms with E-state index in [1.165, 1.54) is 29.5 Å². The van der Waals surface area contributed by atoms with Crippen molar-refractivity contribution in [3.63, 3.8) is 0 Å². The first kappa shape index (κ1) is 26.7. The number of hydrogen-bond donors (Lipinski definition) is 2. The number of carbonyl (C=O) groups excluding carboxylic acids is 1. The van der Waals surface area contributed by atoms with E-state index in [1.54, 1.807) is 24.1 Å². The summed E-state index contributed by atoms with van der Waals surface area (Å²) in [4.78, 5) is 19.1. The number of nitrogens with zero attached hydrogens (tertiary/aromatic N) is 2. The van der Waals surface area contributed by atoms with Crippen molar-refractivity contribution < 1.29 is 22.4 Å². The Hall–Kier alpha value is -3.92. The second kappa shape index (κ2) is 11.1. The fraction of sp³-hybridized carbons (Fsp3) is 0.241. The van der Waals surface area contributed by atoms with Gasteiger partial charge in [-0.15, -0.1) is 0 Å². The van der Waals surface area contributed by atoms with Crippen LogP contribution in [-0.2, 0) is 19.1 Å². The summed E-state index contributed by atoms with van der Waals surface area (Å²) >= 11 is 1.41. The highest BCUT2D eigenvalue weighted by Gasteiger charge is 2.30. The zero-order chi connectivity index (χ0) is 27.6. The van der Waals surface area contributed by atoms with Crippen molar-refractivity contribution in [3.05, 3.63) is 95.0 Å². The van der Waals surface area contributed by atoms with Gasteiger partial charge in [-0.25, -0.2) is 14.2 Å². The molecular weight excluding hydrogens is 528 g/mol. The maximum absolute atomic E-state index is 15.0. The van der Waals surface area contributed by atoms with Gasteiger partial charge in [0, 0.05) is 31.4 Å². The Bertz CT molecular complexity index is 1470. The molecule has 1 aromatic heterocycles. The van der Waals surface area contributed by atoms with E-state index in [0.717, 1.165) is 39.4 Å². The third kappa shape index (κ3) is 6.06. The van der Waals surface area contributed by atoms with Crippen LogP contribution in [0.25, 0.3) is 16.0 Å². The molecule has 0 saturated carbocycles. The number of nitrogens with one attached hydrogen (secondary N) is 2. The molecule has 2 N–H and O–H groups in total. The van der Waals surface area contributed by atoms with E-state index in [1.807, 2.05) is 24.3 Å². The predicted molar refractivity (Wildman–Crippen MR) is 147 cm³/mol. The van der Waals surface area contributed by atoms with E-state index in [2.05, 4.69) is 10.6 Å². The summed E-state index contributed by atoms with van der Waals surface area (Å²) in [5.74, 6) is -0.367. The molecule has 39 heavy (non-hydrogen) atoms. The van der Waals surface area contributed by atoms with E-state index in [4.69, 9.17) is 4.98 Å². The molecule has 2 amide bonds. The number of amides is 2. The van der Waals surface area contributed by atoms with Gasteiger partial charge in [-0.05, 0) is 66.3 Å². The van der Waals surface area contributed by atoms with Crippen molar-refractivity contribution >= 4 is 33.8 Å². The zero-order valence-electron chi connectivity index (χ0n) is 21.1. The monoisotopic (exact) mass is 554 g/mol. The number of rotatable bonds is 7. The smallest absolute Gasteiger partial charge is 0.361 e. The molecule has 2 heterocycles. The van der Waals surface area contributed by atoms with Gasteiger partial charge in [0.15, 0.2) is 5.13 Å². The number of urea groups is 1. The molecule has 5 nitrogen and oxygen atoms in total. The second-order valence-electron chi connectivity index (χ2n) is 9.38. The first-order valence-electron chi connectivity index (χ1n) is 12.5. The Balaban J connectivity index is 1.37. The van der Waals surface area contributed by atoms with E-state index in [0.29, 0.717) is 48.8 Å². The van der Waals surface area contributed by atoms with Gasteiger partial charge in [0.1, 0.15) is 5.83 Å². The number of anilines is 2. The topological polar surface area (TPSA) is 57.3 Å². The Morgan fingerprint density at radius 3 is 2.64 bits per heavy atom. The van der Waals surface area contributed by atoms with Crippen LogP contribution in [0.4, 0.5) is 33.2 Å². The summed E-state index contributed by atoms with van der Waals surface area (Å²) in [5, 5.41) is 6.79. The van der Waals surface area contributed by atoms with Crippen LogP contribution in [0, 0.1) is 0 Å². The minimum Gasteiger partial charge on any atom is -0.361 e. The molecule has 0 fully saturated rings. The largest absolute Gasteiger partial charge is 0.416 e. The molecule has 3 aromatic rings. The predicted octanol–water partition coefficient (Wildman–Crippen LogP) is 8.05. The second-order valence-corrected chi connectivity index (χ2v) is 10.4. The van der Waals surface area contributed by atoms with E-state index < -0.39 is 11.7 Å². The number of benzene rings is 2. The molecule has 0 unspecified atom stereocenters. The highest BCUT2D eigenvalue weighted by Crippen LogP contribution is 2.41. The van der Waals surface area contributed by atoms with Gasteiger partial charge < -0.3 is 15.5 Å². The summed E-state index contributed by atoms with van der Waals surface area (Å²) in [6.45, 7) is 1.00. The quantitative estimate of drug-likeness (QED) is 0.230. The molecule has 0 spiro atoms. The minimum absolute atomic E-state index is 0.167. The molecule has 0 atom stereocenters. The Morgan fingerprint density at radius 1 is 1.10 bits per heavy atom. The van der Waals surface area contributed by atoms with Crippen LogP contribution < -0.4 is 10.6 Å². The van der Waals surface area contributed by atoms with Crippen molar-refractivity contribution in [1.82, 2.24) is 9.88 Å². The average molecular weight is 555 g/mol. The van der Waals surface area contributed by atoms with Gasteiger partial charge in [-0.2, -0.15) is 13.2 Å². The lowest BCUT2D eigenvalue weighted by atomic mass is 10.0. The third-order valence-electron chi connectivity index (χ3n) is 6.52. The van der Waals surface area contributed by atoms with Gasteiger partial charge in [-0.3, -0.25) is 0 Å². The Morgan fingerprint density at radius 2 is 1.87 bits per heavy atom. The third-order valence-corrected chi connectivity index (χ3v) is 7.59. The lowest BCUT2D eigenvalue weighted by Gasteiger charge is -2.26. The van der Waals surface area contributed by atoms with Gasteiger partial charge >= 0.3 is 12.2 Å². The maximum atomic E-state index is 15.0. The molecule has 2 aliphatic rings. The number of allylic oxidation sites excluding steroid dienone is 6. The number of halogens is 4. The minimum atomic E-state index is -4.35. The molecule has 2 aromatic carbocycles. The van der Waals surface area contributed by atoms with E-state index in [-0.39, 0.29) is 11.9 Å². The fourth-order valence-electron chi connectivity index (χ4n) is 4.45. The van der Waals surface area contributed by atoms with Crippen molar-refractivity contribution in [2.45, 2.75) is 32.0 Å². The van der Waals surface area contributed by atoms with Gasteiger partial charge in [0.25, 0.3) is 0 Å². The maximum Gasteiger partial charge on any atom is 0.416 e. The standard InChI is InChI=1S/C29H26F4N4OS/c1-37-17-20-16-19(11-14-24(20)35-28(37)38)26-25(22-7-3-2-4-8-23(22)30)36-27(39-26)34-15-5-6-18-9-12-21(13-10-18)29(31,32)33/h3-4,7-14,16H,2,5-6,15,17H2,1H3,(H,34,36)(H,35,38). The summed E-state index contributed by atoms with van der Waals surface area (Å²) in [5.41, 5.74) is 3.65. The zero-order valence-corrected chi connectivity index (χ0v) is 21.9. The first-order chi connectivity index (χ1) is 18.7. The lowest BCUT2D eigenvalue weighted by molar-refractivity contribution is -0.137. The molecular formula is C29H26F4N4OS. The average Bonchev–Trinajstić information content (AvgIpc) is 3.20. The fourth-order valence-corrected chi connectivity index (χ4v) is 5.45. The van der Waals surface area contributed by atoms with E-state index >= 15 is 4.39 Å². The number of fused-ring (bicyclic) bond motifs is 1. The van der Waals surface area contributed by atoms with Crippen LogP contribution in [0.2, 0.25) is 0 Å². The number of aryl methyl sites for hydroxylation is 1. The molecule has 1 aliphatic heterocycles. The van der Waals surface area contributed by atoms with Gasteiger partial charge in [-0.1, -0.05) is 47.8 Å². The van der Waals surface area contributed by atoms with Gasteiger partial charge in [0.2, 0.25) is 0 Å². The number of carbonyl (C=O) groups is 1. The normalized spacial score (nSPS) is 15.3. The lowest BCUT2D eigenvalue weighted by Crippen LogP contribution is -2.35. The van der Waals surface area contributed by atoms with Crippen LogP contribution in [0.15, 0.2) is 72.6 Å². The van der Waals surface area contributed by atoms with Crippen molar-refractivity contribution in [2.75, 3.05) is 24.2 Å². The van der Waals surface area contributed by atoms with Crippen LogP contribution in [-0.4, -0.2) is 29.5 Å². The SMILES string of the molecule is CN1Cc2cc(-c3sc(NCCCc4ccc(C(F)(F)F)cc4)nc3C3=C(F)C=CCC=C3)ccc2NC1=O. The first-order valence-corrected chi connectivity index (χ1v) is 13.3. The summed E-state index contributed by atoms with van der Waals surface area (Å²) < 4.78 is 53.4. The molecule has 10 heteroatoms. The molecule has 5 rings (SSSR count). The van der Waals surface area contributed by atoms with Crippen LogP contribution in [0.3, 0.4) is 0 Å². The summed E-state index contributed by atoms with van der Waals surface area (Å²) in [6.07, 6.45) is 4.39. The van der Waals surface area contributed by atoms with Gasteiger partial charge in [0.05, 0.1) is 16.1 Å². The summed E-state index contributed by atoms with van der Waals surface area (Å²) in [6, 6.07) is 10.8. The van der Waals surface area contributed by atoms with E-state index in [9.17, 15) is 18.0 Å². The van der Waals surface area contributed by atoms with Crippen molar-refractivity contribution in [3.8, 4) is 10.4 Å². The number of thiazole rings is 1. The highest BCUT2D eigenvalue weighted by atomic mass is 32.1. The summed E-state index contributed by atoms with van der Waals surface area (Å²) in [7, 11) is 1.72. The molecule has 0 radical (unpaired) electrons. The highest BCUT2D eigenvalue weighted by molar-refractivity contribution is 7.19. The molecule has 0 bridgehead atoms. The van der Waals surface area contributed by atoms with Crippen LogP contribution in [0.1, 0.15) is 35.2 Å². The Labute approximate surface area is 227 Å². The van der Waals surface area contributed by atoms with Crippen molar-refractivity contribution in [1.29, 1.82) is 0 Å². The molecule has 0 saturated heterocycles. The molecule has 1 aliphatic carbocycles. The van der Waals surface area contributed by atoms with Crippen molar-refractivity contribution in [2.24, 2.45) is 0 Å². The molecule has 202 valence electrons. The number of hydrogen-bond acceptors (Lipinski definition) is 4. The van der Waals surface area contributed by atoms with Crippen LogP contribution >= 0.6 is 11.3 Å². The Kier molecular flexibility index (Phi) is 7.56. The van der Waals surface area contributed by atoms with Crippen LogP contribution in [0.5, 0.6) is 0 Å². The number of alkyl halides is 3. The number of aromatic nitrogens is 1.